The van der Waals surface area contributed by atoms with Crippen molar-refractivity contribution in [3.63, 3.8) is 0 Å². The summed E-state index contributed by atoms with van der Waals surface area (Å²) < 4.78 is 17.6. The molecule has 1 aliphatic rings. The first-order chi connectivity index (χ1) is 8.36. The number of hydrogen-bond acceptors (Lipinski definition) is 3. The molecule has 0 radical (unpaired) electrons. The van der Waals surface area contributed by atoms with Crippen LogP contribution >= 0.6 is 15.9 Å². The molecular formula is C13H17BrO3. The lowest BCUT2D eigenvalue weighted by molar-refractivity contribution is -0.165. The largest absolute Gasteiger partial charge is 0.490 e. The van der Waals surface area contributed by atoms with Gasteiger partial charge < -0.3 is 14.2 Å². The Morgan fingerprint density at radius 2 is 2.12 bits per heavy atom. The molecule has 1 aromatic carbocycles. The van der Waals surface area contributed by atoms with Gasteiger partial charge in [0.05, 0.1) is 11.1 Å². The summed E-state index contributed by atoms with van der Waals surface area (Å²) in [5.41, 5.74) is 0. The molecule has 1 fully saturated rings. The van der Waals surface area contributed by atoms with E-state index in [1.54, 1.807) is 0 Å². The van der Waals surface area contributed by atoms with Gasteiger partial charge in [-0.15, -0.1) is 0 Å². The molecule has 0 bridgehead atoms. The van der Waals surface area contributed by atoms with Gasteiger partial charge in [-0.25, -0.2) is 0 Å². The topological polar surface area (TPSA) is 27.7 Å². The molecule has 94 valence electrons. The van der Waals surface area contributed by atoms with Crippen LogP contribution in [0.2, 0.25) is 0 Å². The number of para-hydroxylation sites is 1. The van der Waals surface area contributed by atoms with Crippen LogP contribution in [0.5, 0.6) is 5.75 Å². The fraction of sp³-hybridized carbons (Fsp3) is 0.538. The van der Waals surface area contributed by atoms with Gasteiger partial charge in [0.1, 0.15) is 12.4 Å². The summed E-state index contributed by atoms with van der Waals surface area (Å²) in [5.74, 6) is 0.848. The fourth-order valence-electron chi connectivity index (χ4n) is 1.74. The van der Waals surface area contributed by atoms with E-state index in [0.29, 0.717) is 13.2 Å². The smallest absolute Gasteiger partial charge is 0.157 e. The van der Waals surface area contributed by atoms with Gasteiger partial charge in [-0.1, -0.05) is 12.1 Å². The molecule has 1 saturated heterocycles. The molecule has 3 nitrogen and oxygen atoms in total. The van der Waals surface area contributed by atoms with Crippen LogP contribution in [0.4, 0.5) is 0 Å². The van der Waals surface area contributed by atoms with E-state index < -0.39 is 0 Å². The number of hydrogen-bond donors (Lipinski definition) is 0. The zero-order chi connectivity index (χ0) is 11.9. The van der Waals surface area contributed by atoms with Crippen LogP contribution < -0.4 is 4.74 Å². The van der Waals surface area contributed by atoms with E-state index in [-0.39, 0.29) is 6.29 Å². The Bertz CT molecular complexity index is 337. The van der Waals surface area contributed by atoms with E-state index >= 15 is 0 Å². The van der Waals surface area contributed by atoms with Gasteiger partial charge >= 0.3 is 0 Å². The summed E-state index contributed by atoms with van der Waals surface area (Å²) in [6, 6.07) is 7.80. The van der Waals surface area contributed by atoms with Crippen molar-refractivity contribution >= 4 is 15.9 Å². The molecule has 4 heteroatoms. The summed E-state index contributed by atoms with van der Waals surface area (Å²) in [6.45, 7) is 1.92. The Balaban J connectivity index is 1.64. The molecule has 2 rings (SSSR count). The molecule has 0 N–H and O–H groups in total. The molecule has 1 heterocycles. The Hall–Kier alpha value is -0.580. The normalized spacial score (nSPS) is 20.2. The second-order valence-electron chi connectivity index (χ2n) is 3.95. The first kappa shape index (κ1) is 12.9. The van der Waals surface area contributed by atoms with E-state index in [9.17, 15) is 0 Å². The van der Waals surface area contributed by atoms with E-state index in [0.717, 1.165) is 29.7 Å². The van der Waals surface area contributed by atoms with Gasteiger partial charge in [-0.2, -0.15) is 0 Å². The van der Waals surface area contributed by atoms with E-state index in [1.165, 1.54) is 6.42 Å². The third-order valence-corrected chi connectivity index (χ3v) is 3.27. The van der Waals surface area contributed by atoms with E-state index in [1.807, 2.05) is 24.3 Å². The van der Waals surface area contributed by atoms with Crippen molar-refractivity contribution < 1.29 is 14.2 Å². The van der Waals surface area contributed by atoms with Crippen LogP contribution in [0.1, 0.15) is 19.3 Å². The molecule has 17 heavy (non-hydrogen) atoms. The average Bonchev–Trinajstić information content (AvgIpc) is 2.38. The highest BCUT2D eigenvalue weighted by molar-refractivity contribution is 9.10. The molecule has 1 unspecified atom stereocenters. The monoisotopic (exact) mass is 300 g/mol. The molecule has 0 amide bonds. The highest BCUT2D eigenvalue weighted by atomic mass is 79.9. The third-order valence-electron chi connectivity index (χ3n) is 2.62. The van der Waals surface area contributed by atoms with Crippen LogP contribution in [0, 0.1) is 0 Å². The first-order valence-corrected chi connectivity index (χ1v) is 6.76. The maximum absolute atomic E-state index is 5.60. The molecule has 0 aromatic heterocycles. The van der Waals surface area contributed by atoms with Crippen molar-refractivity contribution in [2.24, 2.45) is 0 Å². The lowest BCUT2D eigenvalue weighted by atomic mass is 10.2. The summed E-state index contributed by atoms with van der Waals surface area (Å²) in [5, 5.41) is 0. The zero-order valence-electron chi connectivity index (χ0n) is 9.73. The summed E-state index contributed by atoms with van der Waals surface area (Å²) in [7, 11) is 0. The van der Waals surface area contributed by atoms with Crippen LogP contribution in [-0.2, 0) is 9.47 Å². The first-order valence-electron chi connectivity index (χ1n) is 5.97. The Morgan fingerprint density at radius 3 is 2.88 bits per heavy atom. The summed E-state index contributed by atoms with van der Waals surface area (Å²) in [6.07, 6.45) is 3.30. The highest BCUT2D eigenvalue weighted by Crippen LogP contribution is 2.23. The van der Waals surface area contributed by atoms with Crippen molar-refractivity contribution in [3.05, 3.63) is 28.7 Å². The number of benzene rings is 1. The van der Waals surface area contributed by atoms with Crippen molar-refractivity contribution in [2.75, 3.05) is 19.8 Å². The van der Waals surface area contributed by atoms with Gasteiger partial charge in [0, 0.05) is 6.61 Å². The third kappa shape index (κ3) is 4.30. The predicted octanol–water partition coefficient (Wildman–Crippen LogP) is 3.37. The Labute approximate surface area is 110 Å². The zero-order valence-corrected chi connectivity index (χ0v) is 11.3. The van der Waals surface area contributed by atoms with Crippen molar-refractivity contribution in [3.8, 4) is 5.75 Å². The fourth-order valence-corrected chi connectivity index (χ4v) is 2.13. The molecule has 1 aromatic rings. The highest BCUT2D eigenvalue weighted by Gasteiger charge is 2.13. The Kier molecular flexibility index (Phi) is 5.29. The van der Waals surface area contributed by atoms with Gasteiger partial charge in [0.2, 0.25) is 0 Å². The quantitative estimate of drug-likeness (QED) is 0.780. The van der Waals surface area contributed by atoms with Crippen molar-refractivity contribution in [1.29, 1.82) is 0 Å². The summed E-state index contributed by atoms with van der Waals surface area (Å²) >= 11 is 3.43. The second-order valence-corrected chi connectivity index (χ2v) is 4.80. The van der Waals surface area contributed by atoms with Crippen molar-refractivity contribution in [2.45, 2.75) is 25.6 Å². The number of rotatable bonds is 5. The predicted molar refractivity (Wildman–Crippen MR) is 69.2 cm³/mol. The molecular weight excluding hydrogens is 284 g/mol. The molecule has 1 atom stereocenters. The van der Waals surface area contributed by atoms with E-state index in [2.05, 4.69) is 15.9 Å². The lowest BCUT2D eigenvalue weighted by Gasteiger charge is -2.22. The van der Waals surface area contributed by atoms with Crippen LogP contribution in [0.3, 0.4) is 0 Å². The maximum Gasteiger partial charge on any atom is 0.157 e. The van der Waals surface area contributed by atoms with Gasteiger partial charge in [0.25, 0.3) is 0 Å². The summed E-state index contributed by atoms with van der Waals surface area (Å²) in [4.78, 5) is 0. The minimum atomic E-state index is -0.0356. The standard InChI is InChI=1S/C13H17BrO3/c14-11-5-1-2-6-12(11)15-9-10-17-13-7-3-4-8-16-13/h1-2,5-6,13H,3-4,7-10H2. The number of ether oxygens (including phenoxy) is 3. The second kappa shape index (κ2) is 6.99. The van der Waals surface area contributed by atoms with E-state index in [4.69, 9.17) is 14.2 Å². The lowest BCUT2D eigenvalue weighted by Crippen LogP contribution is -2.24. The van der Waals surface area contributed by atoms with Gasteiger partial charge in [-0.3, -0.25) is 0 Å². The van der Waals surface area contributed by atoms with Crippen LogP contribution in [0.15, 0.2) is 28.7 Å². The molecule has 0 saturated carbocycles. The van der Waals surface area contributed by atoms with Gasteiger partial charge in [0.15, 0.2) is 6.29 Å². The maximum atomic E-state index is 5.60. The number of halogens is 1. The molecule has 0 aliphatic carbocycles. The minimum Gasteiger partial charge on any atom is -0.490 e. The van der Waals surface area contributed by atoms with Gasteiger partial charge in [-0.05, 0) is 47.3 Å². The SMILES string of the molecule is Brc1ccccc1OCCOC1CCCCO1. The molecule has 0 spiro atoms. The Morgan fingerprint density at radius 1 is 1.24 bits per heavy atom. The average molecular weight is 301 g/mol. The van der Waals surface area contributed by atoms with Crippen molar-refractivity contribution in [1.82, 2.24) is 0 Å². The minimum absolute atomic E-state index is 0.0356. The van der Waals surface area contributed by atoms with Crippen LogP contribution in [0.25, 0.3) is 0 Å². The molecule has 1 aliphatic heterocycles. The van der Waals surface area contributed by atoms with Crippen LogP contribution in [-0.4, -0.2) is 26.1 Å².